The molecule has 0 rings (SSSR count). The summed E-state index contributed by atoms with van der Waals surface area (Å²) in [6.45, 7) is 4.96. The van der Waals surface area contributed by atoms with Gasteiger partial charge in [0.15, 0.2) is 0 Å². The van der Waals surface area contributed by atoms with Gasteiger partial charge in [0, 0.05) is 12.8 Å². The number of carbonyl (C=O) groups is 2. The van der Waals surface area contributed by atoms with Crippen LogP contribution in [0.5, 0.6) is 0 Å². The van der Waals surface area contributed by atoms with E-state index in [1.54, 1.807) is 0 Å². The molecule has 2 atom stereocenters. The number of hydrogen-bond donors (Lipinski definition) is 3. The first-order valence-electron chi connectivity index (χ1n) is 42.7. The maximum atomic E-state index is 12.6. The molecule has 93 heavy (non-hydrogen) atoms. The lowest BCUT2D eigenvalue weighted by Gasteiger charge is -2.22. The lowest BCUT2D eigenvalue weighted by molar-refractivity contribution is -0.143. The number of rotatable bonds is 81. The van der Waals surface area contributed by atoms with Crippen LogP contribution in [0.3, 0.4) is 0 Å². The largest absolute Gasteiger partial charge is 0.466 e. The molecular formula is C87H167NO5. The second-order valence-electron chi connectivity index (χ2n) is 29.5. The van der Waals surface area contributed by atoms with Crippen LogP contribution in [-0.4, -0.2) is 47.4 Å². The number of esters is 1. The quantitative estimate of drug-likeness (QED) is 0.0320. The Morgan fingerprint density at radius 2 is 0.548 bits per heavy atom. The molecule has 2 unspecified atom stereocenters. The summed E-state index contributed by atoms with van der Waals surface area (Å²) >= 11 is 0. The number of allylic oxidation sites excluding steroid dienone is 6. The summed E-state index contributed by atoms with van der Waals surface area (Å²) in [7, 11) is 0. The third-order valence-electron chi connectivity index (χ3n) is 20.2. The Kier molecular flexibility index (Phi) is 80.8. The predicted molar refractivity (Wildman–Crippen MR) is 412 cm³/mol. The smallest absolute Gasteiger partial charge is 0.305 e. The molecule has 0 aromatic heterocycles. The third kappa shape index (κ3) is 79.0. The third-order valence-corrected chi connectivity index (χ3v) is 20.2. The number of aliphatic hydroxyl groups is 2. The van der Waals surface area contributed by atoms with Crippen LogP contribution >= 0.6 is 0 Å². The molecule has 0 aromatic rings. The first-order chi connectivity index (χ1) is 46.0. The lowest BCUT2D eigenvalue weighted by atomic mass is 10.0. The van der Waals surface area contributed by atoms with E-state index in [0.29, 0.717) is 25.9 Å². The second-order valence-corrected chi connectivity index (χ2v) is 29.5. The lowest BCUT2D eigenvalue weighted by Crippen LogP contribution is -2.45. The number of nitrogens with one attached hydrogen (secondary N) is 1. The Morgan fingerprint density at radius 1 is 0.301 bits per heavy atom. The highest BCUT2D eigenvalue weighted by molar-refractivity contribution is 5.76. The highest BCUT2D eigenvalue weighted by Crippen LogP contribution is 2.21. The SMILES string of the molecule is CCCC/C=C\C/C=C\CCCCCCCC(=O)OCCCCCCCCCCCCCCCCCC/C=C\CCCCCCCCCCCCCCCCCCCC(=O)NC(CO)C(O)CCCCCCCCCCCCCCCCCCCCCCCCCCC. The van der Waals surface area contributed by atoms with E-state index in [1.165, 1.54) is 398 Å². The number of carbonyl (C=O) groups excluding carboxylic acids is 2. The summed E-state index contributed by atoms with van der Waals surface area (Å²) in [4.78, 5) is 24.7. The minimum atomic E-state index is -0.663. The molecule has 0 aliphatic rings. The van der Waals surface area contributed by atoms with Gasteiger partial charge in [0.25, 0.3) is 0 Å². The summed E-state index contributed by atoms with van der Waals surface area (Å²) in [5.74, 6) is -0.0174. The Balaban J connectivity index is 3.34. The molecule has 0 radical (unpaired) electrons. The zero-order valence-corrected chi connectivity index (χ0v) is 63.3. The number of aliphatic hydroxyl groups excluding tert-OH is 2. The number of amides is 1. The maximum Gasteiger partial charge on any atom is 0.305 e. The molecule has 0 aromatic carbocycles. The Morgan fingerprint density at radius 3 is 0.860 bits per heavy atom. The standard InChI is InChI=1S/C87H167NO5/c1-3-5-7-9-11-13-15-17-19-20-21-22-23-37-40-43-46-49-52-55-59-63-67-71-75-79-85(90)84(83-89)88-86(91)80-76-72-68-64-60-56-53-50-47-44-41-38-35-33-31-29-27-25-24-26-28-30-32-34-36-39-42-45-48-51-54-58-62-66-70-74-78-82-93-87(92)81-77-73-69-65-61-57-18-16-14-12-10-8-6-4-2/h10,12,16,18,24,26,84-85,89-90H,3-9,11,13-15,17,19-23,25,27-83H2,1-2H3,(H,88,91)/b12-10-,18-16-,26-24-. The van der Waals surface area contributed by atoms with Crippen LogP contribution in [0, 0.1) is 0 Å². The summed E-state index contributed by atoms with van der Waals surface area (Å²) < 4.78 is 5.49. The fourth-order valence-electron chi connectivity index (χ4n) is 13.7. The fraction of sp³-hybridized carbons (Fsp3) is 0.908. The first-order valence-corrected chi connectivity index (χ1v) is 42.7. The molecule has 0 aliphatic heterocycles. The van der Waals surface area contributed by atoms with Gasteiger partial charge in [-0.2, -0.15) is 0 Å². The van der Waals surface area contributed by atoms with E-state index in [9.17, 15) is 19.8 Å². The number of hydrogen-bond acceptors (Lipinski definition) is 5. The van der Waals surface area contributed by atoms with Crippen molar-refractivity contribution in [3.05, 3.63) is 36.5 Å². The van der Waals surface area contributed by atoms with Gasteiger partial charge < -0.3 is 20.3 Å². The summed E-state index contributed by atoms with van der Waals surface area (Å²) in [6, 6.07) is -0.540. The molecule has 0 aliphatic carbocycles. The van der Waals surface area contributed by atoms with E-state index in [1.807, 2.05) is 0 Å². The van der Waals surface area contributed by atoms with Crippen molar-refractivity contribution in [3.8, 4) is 0 Å². The van der Waals surface area contributed by atoms with Crippen LogP contribution in [0.25, 0.3) is 0 Å². The van der Waals surface area contributed by atoms with E-state index in [0.717, 1.165) is 51.4 Å². The van der Waals surface area contributed by atoms with Crippen molar-refractivity contribution in [3.63, 3.8) is 0 Å². The minimum Gasteiger partial charge on any atom is -0.466 e. The highest BCUT2D eigenvalue weighted by atomic mass is 16.5. The molecular weight excluding hydrogens is 1140 g/mol. The first kappa shape index (κ1) is 91.1. The van der Waals surface area contributed by atoms with E-state index < -0.39 is 12.1 Å². The Hall–Kier alpha value is -1.92. The van der Waals surface area contributed by atoms with Gasteiger partial charge in [-0.05, 0) is 77.0 Å². The molecule has 0 saturated heterocycles. The molecule has 0 saturated carbocycles. The zero-order valence-electron chi connectivity index (χ0n) is 63.3. The van der Waals surface area contributed by atoms with E-state index >= 15 is 0 Å². The molecule has 3 N–H and O–H groups in total. The van der Waals surface area contributed by atoms with Gasteiger partial charge in [-0.25, -0.2) is 0 Å². The molecule has 0 spiro atoms. The van der Waals surface area contributed by atoms with Gasteiger partial charge in [0.05, 0.1) is 25.4 Å². The van der Waals surface area contributed by atoms with Gasteiger partial charge in [0.1, 0.15) is 0 Å². The topological polar surface area (TPSA) is 95.9 Å². The van der Waals surface area contributed by atoms with Crippen LogP contribution in [0.1, 0.15) is 483 Å². The van der Waals surface area contributed by atoms with Crippen molar-refractivity contribution < 1.29 is 24.5 Å². The normalized spacial score (nSPS) is 12.6. The molecule has 0 bridgehead atoms. The van der Waals surface area contributed by atoms with Crippen molar-refractivity contribution >= 4 is 11.9 Å². The number of unbranched alkanes of at least 4 members (excludes halogenated alkanes) is 64. The van der Waals surface area contributed by atoms with Crippen molar-refractivity contribution in [1.29, 1.82) is 0 Å². The van der Waals surface area contributed by atoms with Crippen LogP contribution in [-0.2, 0) is 14.3 Å². The van der Waals surface area contributed by atoms with Crippen LogP contribution < -0.4 is 5.32 Å². The van der Waals surface area contributed by atoms with Gasteiger partial charge in [-0.3, -0.25) is 9.59 Å². The van der Waals surface area contributed by atoms with Gasteiger partial charge >= 0.3 is 5.97 Å². The maximum absolute atomic E-state index is 12.6. The van der Waals surface area contributed by atoms with Crippen molar-refractivity contribution in [2.45, 2.75) is 495 Å². The molecule has 1 amide bonds. The predicted octanol–water partition coefficient (Wildman–Crippen LogP) is 28.6. The van der Waals surface area contributed by atoms with Crippen molar-refractivity contribution in [1.82, 2.24) is 5.32 Å². The zero-order chi connectivity index (χ0) is 67.0. The Bertz CT molecular complexity index is 1510. The monoisotopic (exact) mass is 1310 g/mol. The number of ether oxygens (including phenoxy) is 1. The second kappa shape index (κ2) is 82.5. The Labute approximate surface area is 583 Å². The van der Waals surface area contributed by atoms with E-state index in [-0.39, 0.29) is 18.5 Å². The molecule has 6 heteroatoms. The molecule has 0 fully saturated rings. The average molecular weight is 1310 g/mol. The van der Waals surface area contributed by atoms with Crippen LogP contribution in [0.2, 0.25) is 0 Å². The van der Waals surface area contributed by atoms with Gasteiger partial charge in [-0.15, -0.1) is 0 Å². The van der Waals surface area contributed by atoms with Crippen molar-refractivity contribution in [2.24, 2.45) is 0 Å². The molecule has 0 heterocycles. The summed E-state index contributed by atoms with van der Waals surface area (Å²) in [6.07, 6.45) is 108. The molecule has 6 nitrogen and oxygen atoms in total. The van der Waals surface area contributed by atoms with Gasteiger partial charge in [-0.1, -0.05) is 429 Å². The van der Waals surface area contributed by atoms with Crippen molar-refractivity contribution in [2.75, 3.05) is 13.2 Å². The van der Waals surface area contributed by atoms with Gasteiger partial charge in [0.2, 0.25) is 5.91 Å². The molecule has 550 valence electrons. The van der Waals surface area contributed by atoms with E-state index in [2.05, 4.69) is 55.6 Å². The highest BCUT2D eigenvalue weighted by Gasteiger charge is 2.20. The summed E-state index contributed by atoms with van der Waals surface area (Å²) in [5.41, 5.74) is 0. The fourth-order valence-corrected chi connectivity index (χ4v) is 13.7. The van der Waals surface area contributed by atoms with Crippen LogP contribution in [0.4, 0.5) is 0 Å². The minimum absolute atomic E-state index is 0.00753. The van der Waals surface area contributed by atoms with E-state index in [4.69, 9.17) is 4.74 Å². The van der Waals surface area contributed by atoms with Crippen LogP contribution in [0.15, 0.2) is 36.5 Å². The summed E-state index contributed by atoms with van der Waals surface area (Å²) in [5, 5.41) is 23.5. The average Bonchev–Trinajstić information content (AvgIpc) is 3.77.